The van der Waals surface area contributed by atoms with Crippen molar-refractivity contribution in [1.82, 2.24) is 20.6 Å². The maximum Gasteiger partial charge on any atom is 0.242 e. The van der Waals surface area contributed by atoms with Gasteiger partial charge >= 0.3 is 0 Å². The number of rotatable bonds is 9. The van der Waals surface area contributed by atoms with Gasteiger partial charge in [0.1, 0.15) is 6.04 Å². The topological polar surface area (TPSA) is 86.9 Å². The molecule has 1 atom stereocenters. The Labute approximate surface area is 216 Å². The number of amides is 2. The van der Waals surface area contributed by atoms with Crippen LogP contribution in [0, 0.1) is 5.92 Å². The minimum absolute atomic E-state index is 0.144. The quantitative estimate of drug-likeness (QED) is 0.282. The van der Waals surface area contributed by atoms with Gasteiger partial charge in [-0.05, 0) is 45.5 Å². The third-order valence-corrected chi connectivity index (χ3v) is 6.92. The van der Waals surface area contributed by atoms with Crippen LogP contribution in [0.25, 0.3) is 21.5 Å². The molecule has 1 unspecified atom stereocenters. The zero-order valence-corrected chi connectivity index (χ0v) is 20.8. The average molecular weight is 491 g/mol. The fraction of sp³-hybridized carbons (Fsp3) is 0.194. The maximum absolute atomic E-state index is 13.9. The van der Waals surface area contributed by atoms with Gasteiger partial charge in [0.2, 0.25) is 11.8 Å². The fourth-order valence-corrected chi connectivity index (χ4v) is 5.02. The molecule has 0 radical (unpaired) electrons. The first-order valence-electron chi connectivity index (χ1n) is 12.5. The third-order valence-electron chi connectivity index (χ3n) is 6.92. The van der Waals surface area contributed by atoms with Gasteiger partial charge in [0.05, 0.1) is 6.33 Å². The maximum atomic E-state index is 13.9. The van der Waals surface area contributed by atoms with Gasteiger partial charge < -0.3 is 15.6 Å². The molecule has 2 amide bonds. The summed E-state index contributed by atoms with van der Waals surface area (Å²) in [6.45, 7) is 0. The Morgan fingerprint density at radius 3 is 1.86 bits per heavy atom. The highest BCUT2D eigenvalue weighted by Crippen LogP contribution is 2.26. The van der Waals surface area contributed by atoms with Crippen molar-refractivity contribution in [2.75, 3.05) is 7.05 Å². The van der Waals surface area contributed by atoms with E-state index in [1.165, 1.54) is 0 Å². The Balaban J connectivity index is 1.48. The second-order valence-corrected chi connectivity index (χ2v) is 9.34. The van der Waals surface area contributed by atoms with E-state index in [0.717, 1.165) is 38.4 Å². The molecule has 6 nitrogen and oxygen atoms in total. The number of nitrogens with zero attached hydrogens (tertiary/aromatic N) is 1. The van der Waals surface area contributed by atoms with Crippen molar-refractivity contribution in [2.45, 2.75) is 25.3 Å². The molecule has 0 aliphatic carbocycles. The van der Waals surface area contributed by atoms with Gasteiger partial charge in [0, 0.05) is 31.3 Å². The second-order valence-electron chi connectivity index (χ2n) is 9.34. The largest absolute Gasteiger partial charge is 0.357 e. The van der Waals surface area contributed by atoms with Crippen LogP contribution in [0.4, 0.5) is 0 Å². The summed E-state index contributed by atoms with van der Waals surface area (Å²) in [4.78, 5) is 33.6. The van der Waals surface area contributed by atoms with E-state index < -0.39 is 6.04 Å². The molecule has 6 heteroatoms. The van der Waals surface area contributed by atoms with Crippen LogP contribution in [-0.2, 0) is 28.9 Å². The smallest absolute Gasteiger partial charge is 0.242 e. The summed E-state index contributed by atoms with van der Waals surface area (Å²) in [6.07, 6.45) is 4.69. The molecule has 37 heavy (non-hydrogen) atoms. The minimum Gasteiger partial charge on any atom is -0.357 e. The van der Waals surface area contributed by atoms with E-state index in [9.17, 15) is 9.59 Å². The number of H-pyrrole nitrogens is 1. The number of carbonyl (C=O) groups is 2. The molecule has 0 spiro atoms. The van der Waals surface area contributed by atoms with E-state index >= 15 is 0 Å². The number of benzene rings is 4. The van der Waals surface area contributed by atoms with Gasteiger partial charge in [0.25, 0.3) is 0 Å². The standard InChI is InChI=1S/C31H30N4O2/c1-32-31(37)29(18-26-19-33-20-34-26)35-30(36)25(16-23-12-6-10-21-8-2-4-14-27(21)23)17-24-13-7-11-22-9-3-5-15-28(22)24/h2-15,19-20,25,29H,16-18H2,1H3,(H,32,37)(H,33,34)(H,35,36). The lowest BCUT2D eigenvalue weighted by molar-refractivity contribution is -0.130. The molecule has 0 saturated heterocycles. The van der Waals surface area contributed by atoms with E-state index in [1.54, 1.807) is 19.6 Å². The van der Waals surface area contributed by atoms with Gasteiger partial charge in [-0.15, -0.1) is 0 Å². The van der Waals surface area contributed by atoms with Crippen LogP contribution in [0.5, 0.6) is 0 Å². The predicted octanol–water partition coefficient (Wildman–Crippen LogP) is 4.59. The molecular weight excluding hydrogens is 460 g/mol. The summed E-state index contributed by atoms with van der Waals surface area (Å²) in [5.74, 6) is -0.753. The summed E-state index contributed by atoms with van der Waals surface area (Å²) in [5.41, 5.74) is 3.01. The van der Waals surface area contributed by atoms with Crippen molar-refractivity contribution >= 4 is 33.4 Å². The van der Waals surface area contributed by atoms with E-state index in [-0.39, 0.29) is 17.7 Å². The van der Waals surface area contributed by atoms with Crippen LogP contribution in [0.2, 0.25) is 0 Å². The van der Waals surface area contributed by atoms with Crippen LogP contribution in [0.3, 0.4) is 0 Å². The van der Waals surface area contributed by atoms with Crippen LogP contribution < -0.4 is 10.6 Å². The molecule has 5 aromatic rings. The number of likely N-dealkylation sites (N-methyl/N-ethyl adjacent to an activating group) is 1. The number of hydrogen-bond acceptors (Lipinski definition) is 3. The summed E-state index contributed by atoms with van der Waals surface area (Å²) >= 11 is 0. The SMILES string of the molecule is CNC(=O)C(Cc1cnc[nH]1)NC(=O)C(Cc1cccc2ccccc12)Cc1cccc2ccccc12. The minimum atomic E-state index is -0.708. The summed E-state index contributed by atoms with van der Waals surface area (Å²) in [6, 6.07) is 28.2. The van der Waals surface area contributed by atoms with E-state index in [2.05, 4.69) is 69.1 Å². The van der Waals surface area contributed by atoms with Crippen LogP contribution in [-0.4, -0.2) is 34.9 Å². The first-order chi connectivity index (χ1) is 18.1. The molecule has 3 N–H and O–H groups in total. The lowest BCUT2D eigenvalue weighted by atomic mass is 9.87. The zero-order valence-electron chi connectivity index (χ0n) is 20.8. The molecule has 0 aliphatic rings. The Hall–Kier alpha value is -4.45. The first kappa shape index (κ1) is 24.3. The van der Waals surface area contributed by atoms with Gasteiger partial charge in [-0.1, -0.05) is 84.9 Å². The number of nitrogens with one attached hydrogen (secondary N) is 3. The molecule has 0 saturated carbocycles. The summed E-state index contributed by atoms with van der Waals surface area (Å²) in [7, 11) is 1.58. The van der Waals surface area contributed by atoms with Crippen molar-refractivity contribution in [1.29, 1.82) is 0 Å². The van der Waals surface area contributed by atoms with Crippen molar-refractivity contribution in [3.05, 3.63) is 114 Å². The molecule has 0 aliphatic heterocycles. The Kier molecular flexibility index (Phi) is 7.26. The van der Waals surface area contributed by atoms with Crippen LogP contribution >= 0.6 is 0 Å². The monoisotopic (exact) mass is 490 g/mol. The van der Waals surface area contributed by atoms with E-state index in [1.807, 2.05) is 36.4 Å². The van der Waals surface area contributed by atoms with Crippen molar-refractivity contribution in [3.8, 4) is 0 Å². The van der Waals surface area contributed by atoms with Gasteiger partial charge in [0.15, 0.2) is 0 Å². The first-order valence-corrected chi connectivity index (χ1v) is 12.5. The second kappa shape index (κ2) is 11.1. The van der Waals surface area contributed by atoms with Crippen molar-refractivity contribution < 1.29 is 9.59 Å². The number of hydrogen-bond donors (Lipinski definition) is 3. The van der Waals surface area contributed by atoms with Gasteiger partial charge in [-0.3, -0.25) is 9.59 Å². The van der Waals surface area contributed by atoms with Gasteiger partial charge in [-0.2, -0.15) is 0 Å². The Morgan fingerprint density at radius 1 is 0.757 bits per heavy atom. The molecular formula is C31H30N4O2. The zero-order chi connectivity index (χ0) is 25.6. The Morgan fingerprint density at radius 2 is 1.32 bits per heavy atom. The van der Waals surface area contributed by atoms with Crippen LogP contribution in [0.15, 0.2) is 97.5 Å². The highest BCUT2D eigenvalue weighted by atomic mass is 16.2. The van der Waals surface area contributed by atoms with Crippen LogP contribution in [0.1, 0.15) is 16.8 Å². The molecule has 1 aromatic heterocycles. The number of carbonyl (C=O) groups excluding carboxylic acids is 2. The lowest BCUT2D eigenvalue weighted by Gasteiger charge is -2.23. The Bertz CT molecular complexity index is 1440. The molecule has 0 fully saturated rings. The molecule has 1 heterocycles. The highest BCUT2D eigenvalue weighted by molar-refractivity contribution is 5.91. The summed E-state index contributed by atoms with van der Waals surface area (Å²) in [5, 5.41) is 10.3. The number of aromatic amines is 1. The van der Waals surface area contributed by atoms with Gasteiger partial charge in [-0.25, -0.2) is 4.98 Å². The summed E-state index contributed by atoms with van der Waals surface area (Å²) < 4.78 is 0. The lowest BCUT2D eigenvalue weighted by Crippen LogP contribution is -2.49. The molecule has 5 rings (SSSR count). The van der Waals surface area contributed by atoms with E-state index in [4.69, 9.17) is 0 Å². The average Bonchev–Trinajstić information content (AvgIpc) is 3.45. The normalized spacial score (nSPS) is 12.1. The molecule has 0 bridgehead atoms. The predicted molar refractivity (Wildman–Crippen MR) is 147 cm³/mol. The fourth-order valence-electron chi connectivity index (χ4n) is 5.02. The number of fused-ring (bicyclic) bond motifs is 2. The molecule has 186 valence electrons. The van der Waals surface area contributed by atoms with Crippen molar-refractivity contribution in [2.24, 2.45) is 5.92 Å². The third kappa shape index (κ3) is 5.54. The highest BCUT2D eigenvalue weighted by Gasteiger charge is 2.27. The number of aromatic nitrogens is 2. The van der Waals surface area contributed by atoms with E-state index in [0.29, 0.717) is 19.3 Å². The molecule has 4 aromatic carbocycles. The number of imidazole rings is 1. The van der Waals surface area contributed by atoms with Crippen molar-refractivity contribution in [3.63, 3.8) is 0 Å².